The van der Waals surface area contributed by atoms with Crippen molar-refractivity contribution in [3.8, 4) is 23.0 Å². The molecule has 0 radical (unpaired) electrons. The molecule has 1 saturated heterocycles. The van der Waals surface area contributed by atoms with E-state index in [-0.39, 0.29) is 45.7 Å². The van der Waals surface area contributed by atoms with E-state index >= 15 is 0 Å². The molecule has 2 heterocycles. The number of ketones is 1. The number of morpholine rings is 1. The van der Waals surface area contributed by atoms with Crippen LogP contribution in [0.5, 0.6) is 23.0 Å². The number of hydrogen-bond acceptors (Lipinski definition) is 7. The van der Waals surface area contributed by atoms with Crippen LogP contribution in [0.1, 0.15) is 54.6 Å². The Kier molecular flexibility index (Phi) is 12.5. The second-order valence-electron chi connectivity index (χ2n) is 12.2. The summed E-state index contributed by atoms with van der Waals surface area (Å²) in [5.74, 6) is 1.15. The lowest BCUT2D eigenvalue weighted by atomic mass is 9.97. The van der Waals surface area contributed by atoms with Crippen molar-refractivity contribution < 1.29 is 55.1 Å². The molecule has 0 atom stereocenters. The Morgan fingerprint density at radius 1 is 1.09 bits per heavy atom. The Balaban J connectivity index is 0.00000529. The first-order valence-electron chi connectivity index (χ1n) is 14.9. The lowest BCUT2D eigenvalue weighted by molar-refractivity contribution is -0.883. The first-order chi connectivity index (χ1) is 20.5. The SMILES string of the molecule is COc1cc2c(c(O)c1C(=O)/C=C/c1ccc(OCCCCC[N+](C)(C)CC(=O)N3CCOCC3)cc1)C=CC(C)(C)O2.[Br-]. The van der Waals surface area contributed by atoms with Gasteiger partial charge in [0.05, 0.1) is 53.1 Å². The van der Waals surface area contributed by atoms with Crippen LogP contribution in [0.25, 0.3) is 12.2 Å². The molecule has 4 rings (SSSR count). The number of unbranched alkanes of at least 4 members (excludes halogenated alkanes) is 2. The van der Waals surface area contributed by atoms with Crippen molar-refractivity contribution in [1.29, 1.82) is 0 Å². The van der Waals surface area contributed by atoms with Gasteiger partial charge in [-0.3, -0.25) is 9.59 Å². The number of carbonyl (C=O) groups excluding carboxylic acids is 2. The smallest absolute Gasteiger partial charge is 0.277 e. The van der Waals surface area contributed by atoms with Gasteiger partial charge in [0.2, 0.25) is 0 Å². The van der Waals surface area contributed by atoms with Crippen molar-refractivity contribution in [2.45, 2.75) is 38.7 Å². The highest BCUT2D eigenvalue weighted by Gasteiger charge is 2.29. The van der Waals surface area contributed by atoms with Gasteiger partial charge >= 0.3 is 0 Å². The molecule has 1 amide bonds. The third-order valence-electron chi connectivity index (χ3n) is 7.67. The number of likely N-dealkylation sites (N-methyl/N-ethyl adjacent to an activating group) is 1. The number of allylic oxidation sites excluding steroid dienone is 1. The second-order valence-corrected chi connectivity index (χ2v) is 12.2. The molecule has 2 aliphatic rings. The fourth-order valence-corrected chi connectivity index (χ4v) is 5.18. The maximum Gasteiger partial charge on any atom is 0.277 e. The molecule has 0 unspecified atom stereocenters. The summed E-state index contributed by atoms with van der Waals surface area (Å²) in [5, 5.41) is 10.9. The normalized spacial score (nSPS) is 15.7. The summed E-state index contributed by atoms with van der Waals surface area (Å²) in [6, 6.07) is 9.16. The van der Waals surface area contributed by atoms with Crippen LogP contribution in [0.15, 0.2) is 42.5 Å². The van der Waals surface area contributed by atoms with E-state index < -0.39 is 5.60 Å². The van der Waals surface area contributed by atoms with Crippen LogP contribution >= 0.6 is 0 Å². The third kappa shape index (κ3) is 9.58. The molecular formula is C34H45BrN2O7. The lowest BCUT2D eigenvalue weighted by Crippen LogP contribution is -3.00. The number of aromatic hydroxyl groups is 1. The molecule has 240 valence electrons. The second kappa shape index (κ2) is 15.6. The minimum atomic E-state index is -0.520. The average Bonchev–Trinajstić information content (AvgIpc) is 2.97. The van der Waals surface area contributed by atoms with Crippen molar-refractivity contribution in [3.63, 3.8) is 0 Å². The van der Waals surface area contributed by atoms with Crippen molar-refractivity contribution in [1.82, 2.24) is 4.90 Å². The minimum absolute atomic E-state index is 0. The van der Waals surface area contributed by atoms with Crippen LogP contribution in [0.3, 0.4) is 0 Å². The molecule has 1 N–H and O–H groups in total. The number of nitrogens with zero attached hydrogens (tertiary/aromatic N) is 2. The summed E-state index contributed by atoms with van der Waals surface area (Å²) >= 11 is 0. The third-order valence-corrected chi connectivity index (χ3v) is 7.67. The lowest BCUT2D eigenvalue weighted by Gasteiger charge is -2.33. The number of ether oxygens (including phenoxy) is 4. The molecule has 2 aliphatic heterocycles. The zero-order chi connectivity index (χ0) is 31.0. The van der Waals surface area contributed by atoms with E-state index in [4.69, 9.17) is 18.9 Å². The summed E-state index contributed by atoms with van der Waals surface area (Å²) in [6.45, 7) is 8.51. The number of quaternary nitrogens is 1. The van der Waals surface area contributed by atoms with Crippen LogP contribution < -0.4 is 31.2 Å². The average molecular weight is 674 g/mol. The summed E-state index contributed by atoms with van der Waals surface area (Å²) in [6.07, 6.45) is 9.70. The van der Waals surface area contributed by atoms with Crippen molar-refractivity contribution in [2.75, 3.05) is 67.2 Å². The van der Waals surface area contributed by atoms with Gasteiger partial charge in [-0.15, -0.1) is 0 Å². The molecule has 0 aromatic heterocycles. The van der Waals surface area contributed by atoms with Gasteiger partial charge in [-0.05, 0) is 69.0 Å². The zero-order valence-corrected chi connectivity index (χ0v) is 28.0. The van der Waals surface area contributed by atoms with Crippen LogP contribution in [-0.4, -0.2) is 99.0 Å². The van der Waals surface area contributed by atoms with E-state index in [9.17, 15) is 14.7 Å². The molecule has 2 aromatic rings. The van der Waals surface area contributed by atoms with Crippen LogP contribution in [0.4, 0.5) is 0 Å². The van der Waals surface area contributed by atoms with Crippen LogP contribution in [0, 0.1) is 0 Å². The number of rotatable bonds is 13. The number of carbonyl (C=O) groups is 2. The number of methoxy groups -OCH3 is 1. The van der Waals surface area contributed by atoms with Crippen molar-refractivity contribution >= 4 is 23.8 Å². The predicted octanol–water partition coefficient (Wildman–Crippen LogP) is 1.97. The van der Waals surface area contributed by atoms with Crippen molar-refractivity contribution in [2.24, 2.45) is 0 Å². The van der Waals surface area contributed by atoms with E-state index in [0.29, 0.717) is 55.3 Å². The van der Waals surface area contributed by atoms with Gasteiger partial charge in [0.25, 0.3) is 5.91 Å². The van der Waals surface area contributed by atoms with Gasteiger partial charge in [0.15, 0.2) is 12.3 Å². The van der Waals surface area contributed by atoms with Gasteiger partial charge in [0.1, 0.15) is 34.2 Å². The summed E-state index contributed by atoms with van der Waals surface area (Å²) in [7, 11) is 5.68. The fraction of sp³-hybridized carbons (Fsp3) is 0.471. The molecule has 2 aromatic carbocycles. The first-order valence-corrected chi connectivity index (χ1v) is 14.9. The standard InChI is InChI=1S/C34H44N2O7.BrH/c1-34(2)16-15-27-29(43-34)23-30(40-5)32(33(27)39)28(37)14-11-25-9-12-26(13-10-25)42-20-8-6-7-19-36(3,4)24-31(38)35-17-21-41-22-18-35;/h9-16,23H,6-8,17-22,24H2,1-5H3;1H/b14-11+;. The Bertz CT molecular complexity index is 1350. The van der Waals surface area contributed by atoms with E-state index in [0.717, 1.165) is 37.1 Å². The topological polar surface area (TPSA) is 94.5 Å². The zero-order valence-electron chi connectivity index (χ0n) is 26.4. The fourth-order valence-electron chi connectivity index (χ4n) is 5.18. The van der Waals surface area contributed by atoms with Crippen molar-refractivity contribution in [3.05, 3.63) is 59.2 Å². The molecule has 0 saturated carbocycles. The minimum Gasteiger partial charge on any atom is -1.00 e. The maximum absolute atomic E-state index is 13.1. The molecular weight excluding hydrogens is 628 g/mol. The number of benzene rings is 2. The van der Waals surface area contributed by atoms with Gasteiger partial charge in [0, 0.05) is 19.2 Å². The van der Waals surface area contributed by atoms with Gasteiger partial charge in [-0.2, -0.15) is 0 Å². The molecule has 1 fully saturated rings. The van der Waals surface area contributed by atoms with E-state index in [2.05, 4.69) is 14.1 Å². The Morgan fingerprint density at radius 2 is 1.80 bits per heavy atom. The van der Waals surface area contributed by atoms with Gasteiger partial charge in [-0.25, -0.2) is 0 Å². The molecule has 0 bridgehead atoms. The first kappa shape index (κ1) is 35.1. The molecule has 0 spiro atoms. The van der Waals surface area contributed by atoms with E-state index in [1.54, 1.807) is 18.2 Å². The number of fused-ring (bicyclic) bond motifs is 1. The number of phenolic OH excluding ortho intramolecular Hbond substituents is 1. The van der Waals surface area contributed by atoms with Crippen LogP contribution in [0.2, 0.25) is 0 Å². The highest BCUT2D eigenvalue weighted by atomic mass is 79.9. The highest BCUT2D eigenvalue weighted by molar-refractivity contribution is 6.11. The predicted molar refractivity (Wildman–Crippen MR) is 167 cm³/mol. The molecule has 9 nitrogen and oxygen atoms in total. The highest BCUT2D eigenvalue weighted by Crippen LogP contribution is 2.43. The maximum atomic E-state index is 13.1. The van der Waals surface area contributed by atoms with Gasteiger partial charge in [-0.1, -0.05) is 18.2 Å². The van der Waals surface area contributed by atoms with Gasteiger partial charge < -0.3 is 50.4 Å². The number of hydrogen-bond donors (Lipinski definition) is 1. The molecule has 44 heavy (non-hydrogen) atoms. The number of phenols is 1. The van der Waals surface area contributed by atoms with E-state index in [1.165, 1.54) is 13.2 Å². The van der Waals surface area contributed by atoms with E-state index in [1.807, 2.05) is 49.1 Å². The Hall–Kier alpha value is -3.34. The molecule has 10 heteroatoms. The summed E-state index contributed by atoms with van der Waals surface area (Å²) < 4.78 is 23.3. The Morgan fingerprint density at radius 3 is 2.48 bits per heavy atom. The number of halogens is 1. The summed E-state index contributed by atoms with van der Waals surface area (Å²) in [4.78, 5) is 27.5. The number of amides is 1. The summed E-state index contributed by atoms with van der Waals surface area (Å²) in [5.41, 5.74) is 0.860. The Labute approximate surface area is 271 Å². The monoisotopic (exact) mass is 672 g/mol. The molecule has 0 aliphatic carbocycles. The largest absolute Gasteiger partial charge is 1.00 e. The van der Waals surface area contributed by atoms with Crippen LogP contribution in [-0.2, 0) is 9.53 Å². The quantitative estimate of drug-likeness (QED) is 0.151.